The lowest BCUT2D eigenvalue weighted by Gasteiger charge is -2.23. The third-order valence-electron chi connectivity index (χ3n) is 5.51. The monoisotopic (exact) mass is 389 g/mol. The van der Waals surface area contributed by atoms with Gasteiger partial charge >= 0.3 is 0 Å². The molecule has 0 saturated carbocycles. The Kier molecular flexibility index (Phi) is 4.70. The predicted molar refractivity (Wildman–Crippen MR) is 111 cm³/mol. The van der Waals surface area contributed by atoms with Crippen LogP contribution in [0.5, 0.6) is 5.75 Å². The summed E-state index contributed by atoms with van der Waals surface area (Å²) in [4.78, 5) is 25.8. The number of nitrogens with zero attached hydrogens (tertiary/aromatic N) is 2. The largest absolute Gasteiger partial charge is 0.497 e. The molecule has 0 radical (unpaired) electrons. The highest BCUT2D eigenvalue weighted by Crippen LogP contribution is 2.38. The molecule has 1 N–H and O–H groups in total. The number of methoxy groups -OCH3 is 1. The van der Waals surface area contributed by atoms with E-state index < -0.39 is 5.92 Å². The van der Waals surface area contributed by atoms with Crippen molar-refractivity contribution < 1.29 is 14.3 Å². The summed E-state index contributed by atoms with van der Waals surface area (Å²) in [5, 5.41) is 7.58. The van der Waals surface area contributed by atoms with Crippen LogP contribution in [-0.4, -0.2) is 28.6 Å². The third kappa shape index (κ3) is 3.31. The second-order valence-corrected chi connectivity index (χ2v) is 7.43. The molecule has 0 fully saturated rings. The molecule has 0 unspecified atom stereocenters. The van der Waals surface area contributed by atoms with Gasteiger partial charge in [-0.25, -0.2) is 4.68 Å². The van der Waals surface area contributed by atoms with E-state index in [1.165, 1.54) is 5.56 Å². The van der Waals surface area contributed by atoms with E-state index in [0.29, 0.717) is 17.1 Å². The molecule has 1 atom stereocenters. The average Bonchev–Trinajstić information content (AvgIpc) is 3.05. The van der Waals surface area contributed by atoms with E-state index in [1.54, 1.807) is 36.1 Å². The van der Waals surface area contributed by atoms with Crippen molar-refractivity contribution in [2.75, 3.05) is 12.4 Å². The Labute approximate surface area is 169 Å². The molecule has 0 saturated heterocycles. The third-order valence-corrected chi connectivity index (χ3v) is 5.51. The number of hydrogen-bond acceptors (Lipinski definition) is 4. The number of anilines is 1. The van der Waals surface area contributed by atoms with Gasteiger partial charge in [-0.15, -0.1) is 0 Å². The van der Waals surface area contributed by atoms with Crippen molar-refractivity contribution in [3.63, 3.8) is 0 Å². The molecule has 2 aromatic carbocycles. The summed E-state index contributed by atoms with van der Waals surface area (Å²) in [6, 6.07) is 13.0. The number of Topliss-reactive ketones (excluding diaryl/α,β-unsaturated/α-hetero) is 1. The molecule has 3 aromatic rings. The molecule has 1 aromatic heterocycles. The van der Waals surface area contributed by atoms with Gasteiger partial charge in [-0.2, -0.15) is 5.10 Å². The topological polar surface area (TPSA) is 73.2 Å². The van der Waals surface area contributed by atoms with E-state index in [9.17, 15) is 9.59 Å². The Morgan fingerprint density at radius 3 is 2.66 bits per heavy atom. The van der Waals surface area contributed by atoms with Gasteiger partial charge in [-0.3, -0.25) is 9.59 Å². The maximum absolute atomic E-state index is 13.3. The zero-order chi connectivity index (χ0) is 20.7. The molecule has 4 rings (SSSR count). The minimum Gasteiger partial charge on any atom is -0.497 e. The van der Waals surface area contributed by atoms with E-state index in [-0.39, 0.29) is 18.1 Å². The molecule has 2 heterocycles. The first-order chi connectivity index (χ1) is 13.9. The van der Waals surface area contributed by atoms with Crippen LogP contribution in [0, 0.1) is 20.8 Å². The van der Waals surface area contributed by atoms with E-state index in [1.807, 2.05) is 39.0 Å². The molecule has 1 amide bonds. The van der Waals surface area contributed by atoms with Crippen LogP contribution in [-0.2, 0) is 4.79 Å². The molecule has 1 aliphatic heterocycles. The minimum absolute atomic E-state index is 0.0997. The smallest absolute Gasteiger partial charge is 0.226 e. The fourth-order valence-electron chi connectivity index (χ4n) is 3.79. The molecular formula is C23H23N3O3. The zero-order valence-corrected chi connectivity index (χ0v) is 16.9. The van der Waals surface area contributed by atoms with Gasteiger partial charge in [0.15, 0.2) is 5.78 Å². The first-order valence-electron chi connectivity index (χ1n) is 9.54. The Hall–Kier alpha value is -3.41. The van der Waals surface area contributed by atoms with Gasteiger partial charge < -0.3 is 10.1 Å². The summed E-state index contributed by atoms with van der Waals surface area (Å²) in [5.74, 6) is 0.305. The number of fused-ring (bicyclic) bond motifs is 1. The van der Waals surface area contributed by atoms with E-state index in [4.69, 9.17) is 4.74 Å². The van der Waals surface area contributed by atoms with Gasteiger partial charge in [0.1, 0.15) is 11.6 Å². The van der Waals surface area contributed by atoms with Gasteiger partial charge in [-0.05, 0) is 56.2 Å². The van der Waals surface area contributed by atoms with E-state index in [0.717, 1.165) is 22.5 Å². The zero-order valence-electron chi connectivity index (χ0n) is 16.9. The highest BCUT2D eigenvalue weighted by atomic mass is 16.5. The number of ketones is 1. The molecule has 0 bridgehead atoms. The van der Waals surface area contributed by atoms with Crippen molar-refractivity contribution in [1.29, 1.82) is 0 Å². The van der Waals surface area contributed by atoms with Crippen molar-refractivity contribution in [3.8, 4) is 11.4 Å². The lowest BCUT2D eigenvalue weighted by molar-refractivity contribution is -0.116. The number of aryl methyl sites for hydroxylation is 3. The van der Waals surface area contributed by atoms with Crippen LogP contribution < -0.4 is 10.1 Å². The summed E-state index contributed by atoms with van der Waals surface area (Å²) in [6.45, 7) is 5.96. The van der Waals surface area contributed by atoms with Crippen LogP contribution in [0.1, 0.15) is 45.1 Å². The molecule has 6 heteroatoms. The van der Waals surface area contributed by atoms with Crippen LogP contribution in [0.15, 0.2) is 42.5 Å². The number of ether oxygens (including phenoxy) is 1. The Bertz CT molecular complexity index is 1130. The van der Waals surface area contributed by atoms with Crippen LogP contribution in [0.2, 0.25) is 0 Å². The number of carbonyl (C=O) groups is 2. The Balaban J connectivity index is 1.81. The van der Waals surface area contributed by atoms with Gasteiger partial charge in [0, 0.05) is 17.5 Å². The Morgan fingerprint density at radius 1 is 1.14 bits per heavy atom. The summed E-state index contributed by atoms with van der Waals surface area (Å²) >= 11 is 0. The maximum atomic E-state index is 13.3. The summed E-state index contributed by atoms with van der Waals surface area (Å²) < 4.78 is 6.96. The van der Waals surface area contributed by atoms with Crippen molar-refractivity contribution >= 4 is 17.5 Å². The molecule has 148 valence electrons. The standard InChI is InChI=1S/C23H23N3O3/c1-13-8-9-17(10-14(13)2)26-23-21(15(3)25-26)19(12-20(27)24-23)22(28)16-6-5-7-18(11-16)29-4/h5-11,19H,12H2,1-4H3,(H,24,27)/t19-/m1/s1. The number of hydrogen-bond donors (Lipinski definition) is 1. The second-order valence-electron chi connectivity index (χ2n) is 7.43. The number of rotatable bonds is 4. The maximum Gasteiger partial charge on any atom is 0.226 e. The molecule has 6 nitrogen and oxygen atoms in total. The molecule has 0 spiro atoms. The molecular weight excluding hydrogens is 366 g/mol. The van der Waals surface area contributed by atoms with E-state index in [2.05, 4.69) is 10.4 Å². The van der Waals surface area contributed by atoms with E-state index >= 15 is 0 Å². The predicted octanol–water partition coefficient (Wildman–Crippen LogP) is 4.11. The number of amides is 1. The minimum atomic E-state index is -0.578. The second kappa shape index (κ2) is 7.20. The number of carbonyl (C=O) groups excluding carboxylic acids is 2. The van der Waals surface area contributed by atoms with Gasteiger partial charge in [0.2, 0.25) is 5.91 Å². The Morgan fingerprint density at radius 2 is 1.93 bits per heavy atom. The fraction of sp³-hybridized carbons (Fsp3) is 0.261. The summed E-state index contributed by atoms with van der Waals surface area (Å²) in [5.41, 5.74) is 5.20. The molecule has 29 heavy (non-hydrogen) atoms. The van der Waals surface area contributed by atoms with Crippen molar-refractivity contribution in [1.82, 2.24) is 9.78 Å². The fourth-order valence-corrected chi connectivity index (χ4v) is 3.79. The normalized spacial score (nSPS) is 15.6. The number of benzene rings is 2. The van der Waals surface area contributed by atoms with Crippen LogP contribution in [0.3, 0.4) is 0 Å². The van der Waals surface area contributed by atoms with Gasteiger partial charge in [0.05, 0.1) is 24.4 Å². The van der Waals surface area contributed by atoms with Gasteiger partial charge in [0.25, 0.3) is 0 Å². The van der Waals surface area contributed by atoms with Crippen molar-refractivity contribution in [3.05, 3.63) is 70.4 Å². The quantitative estimate of drug-likeness (QED) is 0.682. The highest BCUT2D eigenvalue weighted by molar-refractivity contribution is 6.08. The van der Waals surface area contributed by atoms with Gasteiger partial charge in [-0.1, -0.05) is 18.2 Å². The number of nitrogens with one attached hydrogen (secondary N) is 1. The lowest BCUT2D eigenvalue weighted by Crippen LogP contribution is -2.28. The first-order valence-corrected chi connectivity index (χ1v) is 9.54. The summed E-state index contributed by atoms with van der Waals surface area (Å²) in [7, 11) is 1.56. The molecule has 1 aliphatic rings. The highest BCUT2D eigenvalue weighted by Gasteiger charge is 2.36. The van der Waals surface area contributed by atoms with Crippen molar-refractivity contribution in [2.45, 2.75) is 33.1 Å². The van der Waals surface area contributed by atoms with Crippen LogP contribution >= 0.6 is 0 Å². The van der Waals surface area contributed by atoms with Crippen molar-refractivity contribution in [2.24, 2.45) is 0 Å². The van der Waals surface area contributed by atoms with Crippen LogP contribution in [0.25, 0.3) is 5.69 Å². The molecule has 0 aliphatic carbocycles. The van der Waals surface area contributed by atoms with Crippen LogP contribution in [0.4, 0.5) is 5.82 Å². The average molecular weight is 389 g/mol. The first kappa shape index (κ1) is 18.9. The SMILES string of the molecule is COc1cccc(C(=O)[C@@H]2CC(=O)Nc3c2c(C)nn3-c2ccc(C)c(C)c2)c1. The summed E-state index contributed by atoms with van der Waals surface area (Å²) in [6.07, 6.45) is 0.0997. The lowest BCUT2D eigenvalue weighted by atomic mass is 9.85. The number of aromatic nitrogens is 2.